The van der Waals surface area contributed by atoms with Gasteiger partial charge in [-0.3, -0.25) is 9.59 Å². The molecule has 2 aromatic carbocycles. The fourth-order valence-electron chi connectivity index (χ4n) is 2.25. The lowest BCUT2D eigenvalue weighted by atomic mass is 10.1. The van der Waals surface area contributed by atoms with Gasteiger partial charge in [-0.2, -0.15) is 0 Å². The lowest BCUT2D eigenvalue weighted by Crippen LogP contribution is -2.29. The molecule has 0 aliphatic rings. The smallest absolute Gasteiger partial charge is 0.259 e. The Morgan fingerprint density at radius 1 is 1.15 bits per heavy atom. The monoisotopic (exact) mass is 394 g/mol. The number of rotatable bonds is 6. The third-order valence-corrected chi connectivity index (χ3v) is 4.32. The average Bonchev–Trinajstić information content (AvgIpc) is 2.59. The van der Waals surface area contributed by atoms with Gasteiger partial charge in [0.2, 0.25) is 0 Å². The molecule has 0 aliphatic carbocycles. The maximum Gasteiger partial charge on any atom is 0.259 e. The van der Waals surface area contributed by atoms with Crippen LogP contribution in [0.15, 0.2) is 42.5 Å². The molecule has 138 valence electrons. The van der Waals surface area contributed by atoms with Crippen molar-refractivity contribution in [1.82, 2.24) is 10.2 Å². The van der Waals surface area contributed by atoms with Crippen LogP contribution in [-0.4, -0.2) is 37.4 Å². The highest BCUT2D eigenvalue weighted by atomic mass is 35.5. The normalized spacial score (nSPS) is 11.6. The van der Waals surface area contributed by atoms with Crippen molar-refractivity contribution in [3.63, 3.8) is 0 Å². The van der Waals surface area contributed by atoms with E-state index in [1.807, 2.05) is 6.92 Å². The van der Waals surface area contributed by atoms with E-state index in [0.29, 0.717) is 21.4 Å². The number of nitrogens with one attached hydrogen (secondary N) is 1. The molecule has 0 spiro atoms. The molecule has 0 fully saturated rings. The first-order chi connectivity index (χ1) is 12.3. The standard InChI is InChI=1S/C19H20Cl2N2O3/c1-12(14-9-8-13(20)10-16(14)21)22-19(25)15-6-4-5-7-17(15)26-11-18(24)23(2)3/h4-10,12H,11H2,1-3H3,(H,22,25). The fourth-order valence-corrected chi connectivity index (χ4v) is 2.83. The maximum atomic E-state index is 12.7. The third-order valence-electron chi connectivity index (χ3n) is 3.76. The van der Waals surface area contributed by atoms with Crippen LogP contribution in [-0.2, 0) is 4.79 Å². The Balaban J connectivity index is 2.13. The van der Waals surface area contributed by atoms with Crippen LogP contribution < -0.4 is 10.1 Å². The number of nitrogens with zero attached hydrogens (tertiary/aromatic N) is 1. The van der Waals surface area contributed by atoms with E-state index in [9.17, 15) is 9.59 Å². The molecule has 7 heteroatoms. The quantitative estimate of drug-likeness (QED) is 0.806. The summed E-state index contributed by atoms with van der Waals surface area (Å²) in [7, 11) is 3.28. The zero-order chi connectivity index (χ0) is 19.3. The van der Waals surface area contributed by atoms with E-state index in [4.69, 9.17) is 27.9 Å². The summed E-state index contributed by atoms with van der Waals surface area (Å²) in [6.45, 7) is 1.68. The van der Waals surface area contributed by atoms with Crippen molar-refractivity contribution in [3.05, 3.63) is 63.6 Å². The second-order valence-corrected chi connectivity index (χ2v) is 6.78. The predicted molar refractivity (Wildman–Crippen MR) is 103 cm³/mol. The molecule has 0 heterocycles. The molecule has 1 atom stereocenters. The van der Waals surface area contributed by atoms with Crippen LogP contribution in [0.25, 0.3) is 0 Å². The number of ether oxygens (including phenoxy) is 1. The molecular formula is C19H20Cl2N2O3. The number of amides is 2. The second-order valence-electron chi connectivity index (χ2n) is 5.93. The highest BCUT2D eigenvalue weighted by Gasteiger charge is 2.18. The fraction of sp³-hybridized carbons (Fsp3) is 0.263. The van der Waals surface area contributed by atoms with Gasteiger partial charge in [0.05, 0.1) is 11.6 Å². The van der Waals surface area contributed by atoms with Crippen LogP contribution in [0.2, 0.25) is 10.0 Å². The van der Waals surface area contributed by atoms with Crippen molar-refractivity contribution < 1.29 is 14.3 Å². The Kier molecular flexibility index (Phi) is 6.89. The predicted octanol–water partition coefficient (Wildman–Crippen LogP) is 3.95. The topological polar surface area (TPSA) is 58.6 Å². The number of carbonyl (C=O) groups is 2. The van der Waals surface area contributed by atoms with Crippen LogP contribution in [0.1, 0.15) is 28.9 Å². The van der Waals surface area contributed by atoms with Crippen LogP contribution in [0, 0.1) is 0 Å². The molecule has 2 aromatic rings. The van der Waals surface area contributed by atoms with Crippen LogP contribution in [0.5, 0.6) is 5.75 Å². The second kappa shape index (κ2) is 8.92. The van der Waals surface area contributed by atoms with E-state index in [2.05, 4.69) is 5.32 Å². The number of carbonyl (C=O) groups excluding carboxylic acids is 2. The molecule has 1 N–H and O–H groups in total. The molecule has 26 heavy (non-hydrogen) atoms. The number of likely N-dealkylation sites (N-methyl/N-ethyl adjacent to an activating group) is 1. The van der Waals surface area contributed by atoms with Gasteiger partial charge in [-0.05, 0) is 36.8 Å². The van der Waals surface area contributed by atoms with E-state index in [1.165, 1.54) is 4.90 Å². The van der Waals surface area contributed by atoms with Gasteiger partial charge in [0.15, 0.2) is 6.61 Å². The summed E-state index contributed by atoms with van der Waals surface area (Å²) in [4.78, 5) is 25.8. The third kappa shape index (κ3) is 5.13. The van der Waals surface area contributed by atoms with Gasteiger partial charge in [0.25, 0.3) is 11.8 Å². The summed E-state index contributed by atoms with van der Waals surface area (Å²) in [6, 6.07) is 11.6. The molecule has 2 rings (SSSR count). The van der Waals surface area contributed by atoms with Gasteiger partial charge >= 0.3 is 0 Å². The van der Waals surface area contributed by atoms with Crippen molar-refractivity contribution >= 4 is 35.0 Å². The minimum atomic E-state index is -0.330. The molecular weight excluding hydrogens is 375 g/mol. The highest BCUT2D eigenvalue weighted by molar-refractivity contribution is 6.35. The number of para-hydroxylation sites is 1. The molecule has 0 saturated carbocycles. The van der Waals surface area contributed by atoms with Crippen molar-refractivity contribution in [2.75, 3.05) is 20.7 Å². The molecule has 0 aromatic heterocycles. The minimum Gasteiger partial charge on any atom is -0.483 e. The Hall–Kier alpha value is -2.24. The lowest BCUT2D eigenvalue weighted by molar-refractivity contribution is -0.130. The molecule has 0 saturated heterocycles. The molecule has 0 bridgehead atoms. The van der Waals surface area contributed by atoms with Gasteiger partial charge in [-0.15, -0.1) is 0 Å². The molecule has 1 unspecified atom stereocenters. The summed E-state index contributed by atoms with van der Waals surface area (Å²) in [5, 5.41) is 3.89. The Morgan fingerprint density at radius 2 is 1.85 bits per heavy atom. The molecule has 2 amide bonds. The first kappa shape index (κ1) is 20.1. The minimum absolute atomic E-state index is 0.143. The van der Waals surface area contributed by atoms with E-state index in [1.54, 1.807) is 56.6 Å². The lowest BCUT2D eigenvalue weighted by Gasteiger charge is -2.18. The van der Waals surface area contributed by atoms with Crippen LogP contribution in [0.4, 0.5) is 0 Å². The molecule has 5 nitrogen and oxygen atoms in total. The Bertz CT molecular complexity index is 809. The average molecular weight is 395 g/mol. The van der Waals surface area contributed by atoms with Gasteiger partial charge in [0.1, 0.15) is 5.75 Å². The van der Waals surface area contributed by atoms with E-state index in [-0.39, 0.29) is 24.5 Å². The first-order valence-corrected chi connectivity index (χ1v) is 8.73. The van der Waals surface area contributed by atoms with E-state index in [0.717, 1.165) is 5.56 Å². The first-order valence-electron chi connectivity index (χ1n) is 7.97. The zero-order valence-electron chi connectivity index (χ0n) is 14.8. The molecule has 0 aliphatic heterocycles. The zero-order valence-corrected chi connectivity index (χ0v) is 16.3. The number of benzene rings is 2. The summed E-state index contributed by atoms with van der Waals surface area (Å²) >= 11 is 12.1. The van der Waals surface area contributed by atoms with Crippen molar-refractivity contribution in [2.45, 2.75) is 13.0 Å². The van der Waals surface area contributed by atoms with Crippen molar-refractivity contribution in [1.29, 1.82) is 0 Å². The summed E-state index contributed by atoms with van der Waals surface area (Å²) in [5.41, 5.74) is 1.10. The molecule has 0 radical (unpaired) electrons. The van der Waals surface area contributed by atoms with E-state index >= 15 is 0 Å². The summed E-state index contributed by atoms with van der Waals surface area (Å²) < 4.78 is 5.51. The van der Waals surface area contributed by atoms with Gasteiger partial charge in [-0.25, -0.2) is 0 Å². The van der Waals surface area contributed by atoms with Crippen LogP contribution >= 0.6 is 23.2 Å². The van der Waals surface area contributed by atoms with Gasteiger partial charge < -0.3 is 15.0 Å². The number of hydrogen-bond acceptors (Lipinski definition) is 3. The van der Waals surface area contributed by atoms with Crippen molar-refractivity contribution in [3.8, 4) is 5.75 Å². The number of halogens is 2. The summed E-state index contributed by atoms with van der Waals surface area (Å²) in [5.74, 6) is -0.174. The van der Waals surface area contributed by atoms with E-state index < -0.39 is 0 Å². The Labute approximate surface area is 162 Å². The SMILES string of the molecule is CC(NC(=O)c1ccccc1OCC(=O)N(C)C)c1ccc(Cl)cc1Cl. The highest BCUT2D eigenvalue weighted by Crippen LogP contribution is 2.27. The van der Waals surface area contributed by atoms with Crippen molar-refractivity contribution in [2.24, 2.45) is 0 Å². The Morgan fingerprint density at radius 3 is 2.50 bits per heavy atom. The van der Waals surface area contributed by atoms with Gasteiger partial charge in [-0.1, -0.05) is 41.4 Å². The number of hydrogen-bond donors (Lipinski definition) is 1. The van der Waals surface area contributed by atoms with Crippen LogP contribution in [0.3, 0.4) is 0 Å². The largest absolute Gasteiger partial charge is 0.483 e. The van der Waals surface area contributed by atoms with Gasteiger partial charge in [0, 0.05) is 24.1 Å². The maximum absolute atomic E-state index is 12.7. The summed E-state index contributed by atoms with van der Waals surface area (Å²) in [6.07, 6.45) is 0.